The van der Waals surface area contributed by atoms with E-state index in [9.17, 15) is 18.0 Å². The van der Waals surface area contributed by atoms with E-state index in [2.05, 4.69) is 30.9 Å². The minimum Gasteiger partial charge on any atom is -0.494 e. The van der Waals surface area contributed by atoms with Crippen LogP contribution in [0.15, 0.2) is 48.5 Å². The van der Waals surface area contributed by atoms with Gasteiger partial charge >= 0.3 is 12.2 Å². The van der Waals surface area contributed by atoms with Gasteiger partial charge in [0.1, 0.15) is 5.75 Å². The number of ether oxygens (including phenoxy) is 2. The standard InChI is InChI=1S/C25H25F3N6O3/c26-25(27,28)15-37-23-32-21-30-18-7-3-16(4-8-18)20(35)29-13-1-2-14-36-19-9-5-17(6-10-19)24(11-12-24)34-22(31-21)33-23/h3-10H,1-2,11-15H2,(H,29,35)(H2,30,31,32,33,34). The number of benzene rings is 2. The number of anilines is 3. The molecule has 4 aliphatic heterocycles. The molecule has 1 fully saturated rings. The average molecular weight is 515 g/mol. The summed E-state index contributed by atoms with van der Waals surface area (Å²) in [6, 6.07) is 13.7. The molecule has 9 nitrogen and oxygen atoms in total. The molecule has 5 aliphatic rings. The Balaban J connectivity index is 1.46. The van der Waals surface area contributed by atoms with Crippen LogP contribution in [0.5, 0.6) is 11.8 Å². The minimum absolute atomic E-state index is 0.00249. The van der Waals surface area contributed by atoms with Gasteiger partial charge in [-0.2, -0.15) is 28.1 Å². The summed E-state index contributed by atoms with van der Waals surface area (Å²) < 4.78 is 48.9. The van der Waals surface area contributed by atoms with Crippen molar-refractivity contribution in [3.63, 3.8) is 0 Å². The van der Waals surface area contributed by atoms with Gasteiger partial charge in [-0.1, -0.05) is 12.1 Å². The minimum atomic E-state index is -4.55. The number of alkyl halides is 3. The van der Waals surface area contributed by atoms with E-state index >= 15 is 0 Å². The Morgan fingerprint density at radius 1 is 0.946 bits per heavy atom. The van der Waals surface area contributed by atoms with Gasteiger partial charge in [-0.25, -0.2) is 0 Å². The number of rotatable bonds is 2. The number of nitrogens with one attached hydrogen (secondary N) is 3. The molecular formula is C25H25F3N6O3. The SMILES string of the molecule is O=C1NCCCCOc2ccc(cc2)C2(CC2)Nc2nc(nc(OCC(F)(F)F)n2)Nc2ccc1cc2. The number of nitrogens with zero attached hydrogens (tertiary/aromatic N) is 3. The molecular weight excluding hydrogens is 489 g/mol. The predicted octanol–water partition coefficient (Wildman–Crippen LogP) is 4.56. The Bertz CT molecular complexity index is 1250. The summed E-state index contributed by atoms with van der Waals surface area (Å²) in [6.07, 6.45) is -1.40. The van der Waals surface area contributed by atoms with Crippen LogP contribution >= 0.6 is 0 Å². The van der Waals surface area contributed by atoms with E-state index < -0.39 is 24.3 Å². The first-order chi connectivity index (χ1) is 17.8. The third-order valence-corrected chi connectivity index (χ3v) is 6.02. The molecule has 0 unspecified atom stereocenters. The summed E-state index contributed by atoms with van der Waals surface area (Å²) in [6.45, 7) is -0.497. The zero-order chi connectivity index (χ0) is 25.9. The van der Waals surface area contributed by atoms with Gasteiger partial charge in [-0.3, -0.25) is 4.79 Å². The Morgan fingerprint density at radius 3 is 2.38 bits per heavy atom. The van der Waals surface area contributed by atoms with Crippen LogP contribution in [0.3, 0.4) is 0 Å². The van der Waals surface area contributed by atoms with E-state index in [1.165, 1.54) is 0 Å². The molecule has 1 spiro atoms. The number of hydrogen-bond acceptors (Lipinski definition) is 8. The van der Waals surface area contributed by atoms with Gasteiger partial charge in [0.05, 0.1) is 12.1 Å². The van der Waals surface area contributed by atoms with Crippen LogP contribution < -0.4 is 25.4 Å². The molecule has 6 bridgehead atoms. The van der Waals surface area contributed by atoms with E-state index in [1.54, 1.807) is 24.3 Å². The number of carbonyl (C=O) groups is 1. The molecule has 12 heteroatoms. The highest BCUT2D eigenvalue weighted by Gasteiger charge is 2.45. The lowest BCUT2D eigenvalue weighted by atomic mass is 10.1. The van der Waals surface area contributed by atoms with Crippen molar-refractivity contribution in [3.8, 4) is 11.8 Å². The Morgan fingerprint density at radius 2 is 1.68 bits per heavy atom. The van der Waals surface area contributed by atoms with Crippen molar-refractivity contribution in [2.75, 3.05) is 30.4 Å². The third-order valence-electron chi connectivity index (χ3n) is 6.02. The third kappa shape index (κ3) is 6.38. The summed E-state index contributed by atoms with van der Waals surface area (Å²) in [5.41, 5.74) is 1.53. The van der Waals surface area contributed by atoms with Gasteiger partial charge in [0, 0.05) is 17.8 Å². The molecule has 37 heavy (non-hydrogen) atoms. The quantitative estimate of drug-likeness (QED) is 0.457. The van der Waals surface area contributed by atoms with Crippen LogP contribution in [0.25, 0.3) is 0 Å². The smallest absolute Gasteiger partial charge is 0.422 e. The Hall–Kier alpha value is -4.09. The molecule has 1 amide bonds. The van der Waals surface area contributed by atoms with Crippen LogP contribution in [0.2, 0.25) is 0 Å². The Labute approximate surface area is 210 Å². The van der Waals surface area contributed by atoms with Crippen molar-refractivity contribution in [1.29, 1.82) is 0 Å². The van der Waals surface area contributed by atoms with Crippen molar-refractivity contribution in [2.24, 2.45) is 0 Å². The van der Waals surface area contributed by atoms with E-state index in [0.717, 1.165) is 37.0 Å². The highest BCUT2D eigenvalue weighted by Crippen LogP contribution is 2.48. The first kappa shape index (κ1) is 24.6. The first-order valence-corrected chi connectivity index (χ1v) is 11.9. The topological polar surface area (TPSA) is 110 Å². The zero-order valence-electron chi connectivity index (χ0n) is 19.8. The van der Waals surface area contributed by atoms with Gasteiger partial charge in [0.15, 0.2) is 6.61 Å². The lowest BCUT2D eigenvalue weighted by molar-refractivity contribution is -0.154. The van der Waals surface area contributed by atoms with E-state index in [4.69, 9.17) is 9.47 Å². The van der Waals surface area contributed by atoms with E-state index in [1.807, 2.05) is 24.3 Å². The molecule has 0 atom stereocenters. The largest absolute Gasteiger partial charge is 0.494 e. The van der Waals surface area contributed by atoms with E-state index in [-0.39, 0.29) is 17.8 Å². The predicted molar refractivity (Wildman–Crippen MR) is 129 cm³/mol. The molecule has 1 aliphatic carbocycles. The molecule has 8 rings (SSSR count). The second-order valence-corrected chi connectivity index (χ2v) is 8.91. The van der Waals surface area contributed by atoms with Crippen molar-refractivity contribution in [3.05, 3.63) is 59.7 Å². The molecule has 1 saturated carbocycles. The van der Waals surface area contributed by atoms with E-state index in [0.29, 0.717) is 24.4 Å². The maximum absolute atomic E-state index is 12.8. The highest BCUT2D eigenvalue weighted by molar-refractivity contribution is 5.94. The lowest BCUT2D eigenvalue weighted by Crippen LogP contribution is -2.24. The lowest BCUT2D eigenvalue weighted by Gasteiger charge is -2.19. The molecule has 3 aromatic rings. The van der Waals surface area contributed by atoms with Crippen LogP contribution in [0.1, 0.15) is 41.6 Å². The van der Waals surface area contributed by atoms with Crippen LogP contribution in [-0.2, 0) is 5.54 Å². The number of amides is 1. The normalized spacial score (nSPS) is 17.1. The summed E-state index contributed by atoms with van der Waals surface area (Å²) >= 11 is 0. The van der Waals surface area contributed by atoms with Gasteiger partial charge in [-0.05, 0) is 67.6 Å². The molecule has 194 valence electrons. The summed E-state index contributed by atoms with van der Waals surface area (Å²) in [7, 11) is 0. The maximum atomic E-state index is 12.8. The van der Waals surface area contributed by atoms with Crippen molar-refractivity contribution in [1.82, 2.24) is 20.3 Å². The van der Waals surface area contributed by atoms with Crippen LogP contribution in [0.4, 0.5) is 30.8 Å². The maximum Gasteiger partial charge on any atom is 0.422 e. The summed E-state index contributed by atoms with van der Waals surface area (Å²) in [4.78, 5) is 24.8. The number of halogens is 3. The molecule has 5 heterocycles. The average Bonchev–Trinajstić information content (AvgIpc) is 3.65. The Kier molecular flexibility index (Phi) is 6.72. The number of aromatic nitrogens is 3. The fraction of sp³-hybridized carbons (Fsp3) is 0.360. The first-order valence-electron chi connectivity index (χ1n) is 11.9. The fourth-order valence-electron chi connectivity index (χ4n) is 3.93. The molecule has 0 saturated heterocycles. The fourth-order valence-corrected chi connectivity index (χ4v) is 3.93. The van der Waals surface area contributed by atoms with Crippen molar-refractivity contribution < 1.29 is 27.4 Å². The number of hydrogen-bond donors (Lipinski definition) is 3. The van der Waals surface area contributed by atoms with Crippen molar-refractivity contribution >= 4 is 23.5 Å². The number of carbonyl (C=O) groups excluding carboxylic acids is 1. The van der Waals surface area contributed by atoms with Gasteiger partial charge in [0.2, 0.25) is 11.9 Å². The van der Waals surface area contributed by atoms with Crippen LogP contribution in [0, 0.1) is 0 Å². The second-order valence-electron chi connectivity index (χ2n) is 8.91. The van der Waals surface area contributed by atoms with Gasteiger partial charge in [-0.15, -0.1) is 0 Å². The zero-order valence-corrected chi connectivity index (χ0v) is 19.8. The second kappa shape index (κ2) is 10.1. The molecule has 2 aromatic carbocycles. The molecule has 1 aromatic heterocycles. The molecule has 3 N–H and O–H groups in total. The van der Waals surface area contributed by atoms with Gasteiger partial charge < -0.3 is 25.4 Å². The molecule has 0 radical (unpaired) electrons. The summed E-state index contributed by atoms with van der Waals surface area (Å²) in [5.74, 6) is 0.591. The monoisotopic (exact) mass is 514 g/mol. The van der Waals surface area contributed by atoms with Crippen LogP contribution in [-0.4, -0.2) is 46.8 Å². The summed E-state index contributed by atoms with van der Waals surface area (Å²) in [5, 5.41) is 9.08. The van der Waals surface area contributed by atoms with Crippen molar-refractivity contribution in [2.45, 2.75) is 37.4 Å². The highest BCUT2D eigenvalue weighted by atomic mass is 19.4. The van der Waals surface area contributed by atoms with Gasteiger partial charge in [0.25, 0.3) is 5.91 Å².